The van der Waals surface area contributed by atoms with E-state index in [1.54, 1.807) is 4.90 Å². The molecule has 2 amide bonds. The third-order valence-electron chi connectivity index (χ3n) is 6.37. The van der Waals surface area contributed by atoms with Crippen LogP contribution in [0.4, 0.5) is 9.80 Å². The van der Waals surface area contributed by atoms with E-state index in [4.69, 9.17) is 18.9 Å². The van der Waals surface area contributed by atoms with Crippen molar-refractivity contribution in [1.29, 1.82) is 5.26 Å². The molecule has 3 heterocycles. The van der Waals surface area contributed by atoms with Crippen LogP contribution < -0.4 is 10.1 Å². The maximum Gasteiger partial charge on any atom is 0.410 e. The van der Waals surface area contributed by atoms with Gasteiger partial charge in [-0.3, -0.25) is 4.79 Å². The number of ether oxygens (including phenoxy) is 4. The van der Waals surface area contributed by atoms with Crippen molar-refractivity contribution < 1.29 is 28.5 Å². The number of nitriles is 1. The molecule has 198 valence electrons. The molecule has 2 atom stereocenters. The molecule has 1 N–H and O–H groups in total. The van der Waals surface area contributed by atoms with Crippen LogP contribution in [0.1, 0.15) is 61.6 Å². The van der Waals surface area contributed by atoms with Gasteiger partial charge in [-0.1, -0.05) is 19.1 Å². The van der Waals surface area contributed by atoms with E-state index in [1.807, 2.05) is 52.0 Å². The molecule has 10 heteroatoms. The number of fused-ring (bicyclic) bond motifs is 1. The molecule has 0 bridgehead atoms. The molecule has 9 nitrogen and oxygen atoms in total. The molecule has 0 aliphatic carbocycles. The van der Waals surface area contributed by atoms with Crippen molar-refractivity contribution in [1.82, 2.24) is 4.90 Å². The zero-order chi connectivity index (χ0) is 26.6. The first-order chi connectivity index (χ1) is 17.7. The van der Waals surface area contributed by atoms with Gasteiger partial charge in [0.05, 0.1) is 25.3 Å². The molecule has 4 rings (SSSR count). The Morgan fingerprint density at radius 1 is 1.38 bits per heavy atom. The Morgan fingerprint density at radius 3 is 2.89 bits per heavy atom. The molecular formula is C27H33N3O6S. The van der Waals surface area contributed by atoms with Crippen LogP contribution in [0.25, 0.3) is 0 Å². The Labute approximate surface area is 221 Å². The van der Waals surface area contributed by atoms with Crippen LogP contribution in [-0.2, 0) is 32.0 Å². The lowest BCUT2D eigenvalue weighted by atomic mass is 9.97. The topological polar surface area (TPSA) is 110 Å². The molecule has 0 saturated carbocycles. The fourth-order valence-corrected chi connectivity index (χ4v) is 5.75. The first kappa shape index (κ1) is 26.9. The highest BCUT2D eigenvalue weighted by atomic mass is 32.1. The minimum atomic E-state index is -0.673. The minimum Gasteiger partial charge on any atom is -0.494 e. The van der Waals surface area contributed by atoms with Crippen LogP contribution in [0.2, 0.25) is 0 Å². The lowest BCUT2D eigenvalue weighted by molar-refractivity contribution is -0.143. The lowest BCUT2D eigenvalue weighted by Gasteiger charge is -2.26. The smallest absolute Gasteiger partial charge is 0.410 e. The highest BCUT2D eigenvalue weighted by molar-refractivity contribution is 7.16. The van der Waals surface area contributed by atoms with Gasteiger partial charge in [0.15, 0.2) is 5.79 Å². The summed E-state index contributed by atoms with van der Waals surface area (Å²) < 4.78 is 22.2. The molecule has 1 fully saturated rings. The molecule has 1 saturated heterocycles. The predicted octanol–water partition coefficient (Wildman–Crippen LogP) is 4.80. The van der Waals surface area contributed by atoms with Crippen molar-refractivity contribution >= 4 is 28.3 Å². The first-order valence-electron chi connectivity index (χ1n) is 12.5. The van der Waals surface area contributed by atoms with Crippen molar-refractivity contribution in [3.05, 3.63) is 45.8 Å². The average Bonchev–Trinajstić information content (AvgIpc) is 3.40. The second-order valence-corrected chi connectivity index (χ2v) is 10.8. The Hall–Kier alpha value is -3.13. The zero-order valence-corrected chi connectivity index (χ0v) is 22.5. The molecule has 0 radical (unpaired) electrons. The number of carbonyl (C=O) groups is 2. The Balaban J connectivity index is 1.35. The fraction of sp³-hybridized carbons (Fsp3) is 0.519. The van der Waals surface area contributed by atoms with Crippen LogP contribution in [0.5, 0.6) is 5.75 Å². The van der Waals surface area contributed by atoms with Crippen LogP contribution in [-0.4, -0.2) is 55.2 Å². The maximum absolute atomic E-state index is 12.9. The fourth-order valence-electron chi connectivity index (χ4n) is 4.52. The zero-order valence-electron chi connectivity index (χ0n) is 21.7. The van der Waals surface area contributed by atoms with E-state index < -0.39 is 11.9 Å². The van der Waals surface area contributed by atoms with Gasteiger partial charge >= 0.3 is 6.09 Å². The van der Waals surface area contributed by atoms with E-state index in [-0.39, 0.29) is 31.0 Å². The molecule has 2 unspecified atom stereocenters. The summed E-state index contributed by atoms with van der Waals surface area (Å²) in [5, 5.41) is 13.3. The highest BCUT2D eigenvalue weighted by Crippen LogP contribution is 2.37. The largest absolute Gasteiger partial charge is 0.494 e. The van der Waals surface area contributed by atoms with E-state index in [1.165, 1.54) is 11.3 Å². The van der Waals surface area contributed by atoms with Gasteiger partial charge in [0.25, 0.3) is 0 Å². The summed E-state index contributed by atoms with van der Waals surface area (Å²) in [5.74, 6) is -0.0811. The number of carbonyl (C=O) groups excluding carboxylic acids is 2. The second-order valence-electron chi connectivity index (χ2n) is 9.68. The average molecular weight is 528 g/mol. The summed E-state index contributed by atoms with van der Waals surface area (Å²) >= 11 is 1.34. The summed E-state index contributed by atoms with van der Waals surface area (Å²) in [4.78, 5) is 28.0. The quantitative estimate of drug-likeness (QED) is 0.525. The molecule has 0 spiro atoms. The van der Waals surface area contributed by atoms with Gasteiger partial charge in [-0.25, -0.2) is 4.79 Å². The summed E-state index contributed by atoms with van der Waals surface area (Å²) in [5.41, 5.74) is 2.38. The predicted molar refractivity (Wildman–Crippen MR) is 139 cm³/mol. The molecule has 2 aromatic rings. The molecule has 37 heavy (non-hydrogen) atoms. The van der Waals surface area contributed by atoms with Gasteiger partial charge in [-0.05, 0) is 56.4 Å². The second kappa shape index (κ2) is 11.5. The van der Waals surface area contributed by atoms with Crippen molar-refractivity contribution in [2.45, 2.75) is 64.9 Å². The number of rotatable bonds is 8. The Kier molecular flexibility index (Phi) is 8.37. The summed E-state index contributed by atoms with van der Waals surface area (Å²) in [6.45, 7) is 9.40. The number of anilines is 1. The number of hydrogen-bond acceptors (Lipinski definition) is 8. The SMILES string of the molecule is CCOc1cccc(C(C)CC(=O)Nc2sc3c(c2C#N)CCN(C(=O)OCC2COC(C)(C)O2)C3)c1. The van der Waals surface area contributed by atoms with Crippen molar-refractivity contribution in [3.63, 3.8) is 0 Å². The van der Waals surface area contributed by atoms with Crippen LogP contribution in [0.3, 0.4) is 0 Å². The van der Waals surface area contributed by atoms with Gasteiger partial charge < -0.3 is 29.2 Å². The van der Waals surface area contributed by atoms with Crippen molar-refractivity contribution in [3.8, 4) is 11.8 Å². The molecule has 2 aliphatic heterocycles. The van der Waals surface area contributed by atoms with Crippen LogP contribution >= 0.6 is 11.3 Å². The number of benzene rings is 1. The monoisotopic (exact) mass is 527 g/mol. The Bertz CT molecular complexity index is 1190. The summed E-state index contributed by atoms with van der Waals surface area (Å²) in [7, 11) is 0. The molecule has 1 aromatic carbocycles. The van der Waals surface area contributed by atoms with Gasteiger partial charge in [0.2, 0.25) is 5.91 Å². The van der Waals surface area contributed by atoms with Crippen LogP contribution in [0.15, 0.2) is 24.3 Å². The number of hydrogen-bond donors (Lipinski definition) is 1. The van der Waals surface area contributed by atoms with Gasteiger partial charge in [0.1, 0.15) is 29.5 Å². The third-order valence-corrected chi connectivity index (χ3v) is 7.50. The molecule has 1 aromatic heterocycles. The van der Waals surface area contributed by atoms with Gasteiger partial charge in [-0.15, -0.1) is 11.3 Å². The number of amides is 2. The maximum atomic E-state index is 12.9. The Morgan fingerprint density at radius 2 is 2.19 bits per heavy atom. The highest BCUT2D eigenvalue weighted by Gasteiger charge is 2.34. The van der Waals surface area contributed by atoms with Crippen molar-refractivity contribution in [2.24, 2.45) is 0 Å². The number of nitrogens with zero attached hydrogens (tertiary/aromatic N) is 2. The summed E-state index contributed by atoms with van der Waals surface area (Å²) in [6, 6.07) is 9.99. The van der Waals surface area contributed by atoms with E-state index in [9.17, 15) is 14.9 Å². The number of thiophene rings is 1. The normalized spacial score (nSPS) is 19.0. The van der Waals surface area contributed by atoms with Gasteiger partial charge in [-0.2, -0.15) is 5.26 Å². The molecule has 2 aliphatic rings. The third kappa shape index (κ3) is 6.60. The van der Waals surface area contributed by atoms with E-state index in [2.05, 4.69) is 11.4 Å². The van der Waals surface area contributed by atoms with Gasteiger partial charge in [0, 0.05) is 17.8 Å². The van der Waals surface area contributed by atoms with Crippen LogP contribution in [0, 0.1) is 11.3 Å². The lowest BCUT2D eigenvalue weighted by Crippen LogP contribution is -2.37. The summed E-state index contributed by atoms with van der Waals surface area (Å²) in [6.07, 6.45) is 0.0679. The first-order valence-corrected chi connectivity index (χ1v) is 13.3. The van der Waals surface area contributed by atoms with E-state index in [0.717, 1.165) is 21.8 Å². The van der Waals surface area contributed by atoms with E-state index in [0.29, 0.717) is 43.3 Å². The number of nitrogens with one attached hydrogen (secondary N) is 1. The standard InChI is InChI=1S/C27H33N3O6S/c1-5-33-19-8-6-7-18(12-19)17(2)11-24(31)29-25-22(13-28)21-9-10-30(14-23(21)37-25)26(32)34-15-20-16-35-27(3,4)36-20/h6-8,12,17,20H,5,9-11,14-16H2,1-4H3,(H,29,31). The molecular weight excluding hydrogens is 494 g/mol. The minimum absolute atomic E-state index is 0.0226. The van der Waals surface area contributed by atoms with Crippen molar-refractivity contribution in [2.75, 3.05) is 31.7 Å². The van der Waals surface area contributed by atoms with E-state index >= 15 is 0 Å².